The minimum atomic E-state index is -1.49. The van der Waals surface area contributed by atoms with E-state index in [9.17, 15) is 28.8 Å². The van der Waals surface area contributed by atoms with Gasteiger partial charge in [0.15, 0.2) is 0 Å². The number of hydrogen-bond acceptors (Lipinski definition) is 8. The van der Waals surface area contributed by atoms with Crippen LogP contribution in [0.2, 0.25) is 0 Å². The van der Waals surface area contributed by atoms with Gasteiger partial charge in [0, 0.05) is 5.75 Å². The van der Waals surface area contributed by atoms with E-state index in [0.717, 1.165) is 0 Å². The maximum absolute atomic E-state index is 12.4. The van der Waals surface area contributed by atoms with Crippen molar-refractivity contribution in [3.05, 3.63) is 0 Å². The molecular formula is C14H24N6O7S. The van der Waals surface area contributed by atoms with E-state index >= 15 is 0 Å². The van der Waals surface area contributed by atoms with Crippen LogP contribution in [-0.2, 0) is 28.8 Å². The van der Waals surface area contributed by atoms with E-state index < -0.39 is 72.5 Å². The molecule has 0 spiro atoms. The molecule has 10 N–H and O–H groups in total. The summed E-state index contributed by atoms with van der Waals surface area (Å²) in [6.45, 7) is 1.22. The summed E-state index contributed by atoms with van der Waals surface area (Å²) in [4.78, 5) is 69.1. The van der Waals surface area contributed by atoms with Gasteiger partial charge in [0.05, 0.1) is 18.9 Å². The Kier molecular flexibility index (Phi) is 10.6. The molecule has 14 heteroatoms. The number of carboxylic acids is 1. The number of hydrogen-bond donors (Lipinski definition) is 8. The van der Waals surface area contributed by atoms with Gasteiger partial charge in [0.2, 0.25) is 29.5 Å². The quantitative estimate of drug-likeness (QED) is 0.143. The highest BCUT2D eigenvalue weighted by Gasteiger charge is 2.30. The molecule has 0 saturated carbocycles. The molecule has 0 aliphatic rings. The summed E-state index contributed by atoms with van der Waals surface area (Å²) in [5.74, 6) is -6.02. The highest BCUT2D eigenvalue weighted by Crippen LogP contribution is 1.99. The average molecular weight is 420 g/mol. The standard InChI is InChI=1S/C14H24N6O7S/c1-5(14(26)27)18-13(25)8(4-28)20-12(24)7(3-10(17)22)19-11(23)6(15)2-9(16)21/h5-8,28H,2-4,15H2,1H3,(H2,16,21)(H2,17,22)(H,18,25)(H,19,23)(H,20,24)(H,26,27). The average Bonchev–Trinajstić information content (AvgIpc) is 2.57. The molecule has 13 nitrogen and oxygen atoms in total. The minimum Gasteiger partial charge on any atom is -0.480 e. The molecule has 0 fully saturated rings. The van der Waals surface area contributed by atoms with Crippen molar-refractivity contribution in [2.75, 3.05) is 5.75 Å². The number of carbonyl (C=O) groups excluding carboxylic acids is 5. The van der Waals surface area contributed by atoms with Crippen LogP contribution in [0.4, 0.5) is 0 Å². The SMILES string of the molecule is CC(NC(=O)C(CS)NC(=O)C(CC(N)=O)NC(=O)C(N)CC(N)=O)C(=O)O. The van der Waals surface area contributed by atoms with Gasteiger partial charge >= 0.3 is 5.97 Å². The van der Waals surface area contributed by atoms with Gasteiger partial charge in [-0.2, -0.15) is 12.6 Å². The fraction of sp³-hybridized carbons (Fsp3) is 0.571. The maximum atomic E-state index is 12.4. The molecule has 5 amide bonds. The van der Waals surface area contributed by atoms with Crippen molar-refractivity contribution >= 4 is 48.1 Å². The van der Waals surface area contributed by atoms with Gasteiger partial charge in [0.25, 0.3) is 0 Å². The fourth-order valence-electron chi connectivity index (χ4n) is 1.84. The number of nitrogens with one attached hydrogen (secondary N) is 3. The Morgan fingerprint density at radius 3 is 1.75 bits per heavy atom. The summed E-state index contributed by atoms with van der Waals surface area (Å²) in [5.41, 5.74) is 15.4. The van der Waals surface area contributed by atoms with E-state index in [2.05, 4.69) is 28.6 Å². The van der Waals surface area contributed by atoms with Crippen LogP contribution in [0.25, 0.3) is 0 Å². The first-order valence-corrected chi connectivity index (χ1v) is 8.59. The van der Waals surface area contributed by atoms with E-state index in [-0.39, 0.29) is 5.75 Å². The van der Waals surface area contributed by atoms with Crippen LogP contribution in [0, 0.1) is 0 Å². The second-order valence-electron chi connectivity index (χ2n) is 5.82. The lowest BCUT2D eigenvalue weighted by molar-refractivity contribution is -0.141. The van der Waals surface area contributed by atoms with Crippen molar-refractivity contribution in [2.24, 2.45) is 17.2 Å². The number of aliphatic carboxylic acids is 1. The summed E-state index contributed by atoms with van der Waals surface area (Å²) in [6, 6.07) is -5.33. The Morgan fingerprint density at radius 1 is 0.857 bits per heavy atom. The van der Waals surface area contributed by atoms with Crippen molar-refractivity contribution in [1.29, 1.82) is 0 Å². The first-order chi connectivity index (χ1) is 12.9. The van der Waals surface area contributed by atoms with Crippen molar-refractivity contribution in [3.63, 3.8) is 0 Å². The summed E-state index contributed by atoms with van der Waals surface area (Å²) in [7, 11) is 0. The first-order valence-electron chi connectivity index (χ1n) is 7.96. The van der Waals surface area contributed by atoms with Crippen molar-refractivity contribution < 1.29 is 33.9 Å². The third-order valence-corrected chi connectivity index (χ3v) is 3.71. The van der Waals surface area contributed by atoms with Crippen LogP contribution in [0.5, 0.6) is 0 Å². The Hall–Kier alpha value is -2.87. The highest BCUT2D eigenvalue weighted by atomic mass is 32.1. The number of primary amides is 2. The third kappa shape index (κ3) is 9.18. The minimum absolute atomic E-state index is 0.206. The van der Waals surface area contributed by atoms with Gasteiger partial charge in [-0.25, -0.2) is 0 Å². The Balaban J connectivity index is 5.14. The molecule has 158 valence electrons. The summed E-state index contributed by atoms with van der Waals surface area (Å²) in [6.07, 6.45) is -1.11. The number of carbonyl (C=O) groups is 6. The number of rotatable bonds is 12. The molecule has 0 aliphatic carbocycles. The topological polar surface area (TPSA) is 237 Å². The summed E-state index contributed by atoms with van der Waals surface area (Å²) < 4.78 is 0. The first kappa shape index (κ1) is 25.1. The zero-order valence-corrected chi connectivity index (χ0v) is 15.9. The molecule has 28 heavy (non-hydrogen) atoms. The van der Waals surface area contributed by atoms with Crippen molar-refractivity contribution in [3.8, 4) is 0 Å². The van der Waals surface area contributed by atoms with Crippen LogP contribution in [0.3, 0.4) is 0 Å². The zero-order chi connectivity index (χ0) is 22.0. The number of amides is 5. The van der Waals surface area contributed by atoms with E-state index in [1.165, 1.54) is 6.92 Å². The molecule has 0 aromatic rings. The van der Waals surface area contributed by atoms with Gasteiger partial charge in [-0.15, -0.1) is 0 Å². The largest absolute Gasteiger partial charge is 0.480 e. The second-order valence-corrected chi connectivity index (χ2v) is 6.19. The smallest absolute Gasteiger partial charge is 0.325 e. The van der Waals surface area contributed by atoms with Crippen LogP contribution in [0.15, 0.2) is 0 Å². The van der Waals surface area contributed by atoms with Crippen molar-refractivity contribution in [1.82, 2.24) is 16.0 Å². The monoisotopic (exact) mass is 420 g/mol. The molecular weight excluding hydrogens is 396 g/mol. The van der Waals surface area contributed by atoms with E-state index in [0.29, 0.717) is 0 Å². The van der Waals surface area contributed by atoms with Gasteiger partial charge in [-0.05, 0) is 6.92 Å². The van der Waals surface area contributed by atoms with Crippen LogP contribution in [0.1, 0.15) is 19.8 Å². The lowest BCUT2D eigenvalue weighted by Gasteiger charge is -2.23. The maximum Gasteiger partial charge on any atom is 0.325 e. The number of carboxylic acid groups (broad SMARTS) is 1. The van der Waals surface area contributed by atoms with Crippen LogP contribution in [-0.4, -0.2) is 70.5 Å². The molecule has 0 rings (SSSR count). The van der Waals surface area contributed by atoms with Crippen LogP contribution >= 0.6 is 12.6 Å². The molecule has 4 unspecified atom stereocenters. The predicted octanol–water partition coefficient (Wildman–Crippen LogP) is -4.45. The van der Waals surface area contributed by atoms with E-state index in [4.69, 9.17) is 22.3 Å². The van der Waals surface area contributed by atoms with Gasteiger partial charge in [-0.3, -0.25) is 28.8 Å². The van der Waals surface area contributed by atoms with Crippen LogP contribution < -0.4 is 33.2 Å². The predicted molar refractivity (Wildman–Crippen MR) is 98.6 cm³/mol. The third-order valence-electron chi connectivity index (χ3n) is 3.34. The normalized spacial score (nSPS) is 14.7. The second kappa shape index (κ2) is 11.8. The summed E-state index contributed by atoms with van der Waals surface area (Å²) in [5, 5.41) is 15.3. The molecule has 0 radical (unpaired) electrons. The fourth-order valence-corrected chi connectivity index (χ4v) is 2.10. The lowest BCUT2D eigenvalue weighted by atomic mass is 10.1. The van der Waals surface area contributed by atoms with E-state index in [1.54, 1.807) is 0 Å². The molecule has 0 aromatic carbocycles. The Labute approximate surface area is 165 Å². The molecule has 0 saturated heterocycles. The van der Waals surface area contributed by atoms with Gasteiger partial charge < -0.3 is 38.3 Å². The van der Waals surface area contributed by atoms with E-state index in [1.807, 2.05) is 0 Å². The highest BCUT2D eigenvalue weighted by molar-refractivity contribution is 7.80. The lowest BCUT2D eigenvalue weighted by Crippen LogP contribution is -2.58. The Bertz CT molecular complexity index is 644. The van der Waals surface area contributed by atoms with Gasteiger partial charge in [0.1, 0.15) is 18.1 Å². The number of thiol groups is 1. The molecule has 0 aromatic heterocycles. The molecule has 0 bridgehead atoms. The summed E-state index contributed by atoms with van der Waals surface area (Å²) >= 11 is 3.91. The van der Waals surface area contributed by atoms with Crippen molar-refractivity contribution in [2.45, 2.75) is 43.9 Å². The Morgan fingerprint density at radius 2 is 1.32 bits per heavy atom. The number of nitrogens with two attached hydrogens (primary N) is 3. The molecule has 0 aliphatic heterocycles. The molecule has 4 atom stereocenters. The van der Waals surface area contributed by atoms with Gasteiger partial charge in [-0.1, -0.05) is 0 Å². The molecule has 0 heterocycles. The zero-order valence-electron chi connectivity index (χ0n) is 15.0.